The van der Waals surface area contributed by atoms with Gasteiger partial charge < -0.3 is 10.0 Å². The van der Waals surface area contributed by atoms with Gasteiger partial charge in [0.25, 0.3) is 0 Å². The Hall–Kier alpha value is -3.48. The van der Waals surface area contributed by atoms with E-state index >= 15 is 0 Å². The summed E-state index contributed by atoms with van der Waals surface area (Å²) in [6, 6.07) is 29.6. The average molecular weight is 471 g/mol. The molecule has 1 atom stereocenters. The standard InChI is InChI=1S/C29H31N3O3/c33-28(27(23-11-4-1-5-12-23)24-13-6-2-7-14-24)30-19-21-32(22-20-30,25-15-8-3-9-16-25)31-18-10-17-26(31)29(34)35/h1-9,11-16,26-27H,10,17-22H2/p+1/t26-/m0/s1. The number of quaternary nitrogens is 1. The van der Waals surface area contributed by atoms with Gasteiger partial charge in [-0.3, -0.25) is 9.59 Å². The van der Waals surface area contributed by atoms with Gasteiger partial charge in [0.05, 0.1) is 19.0 Å². The Morgan fingerprint density at radius 3 is 1.80 bits per heavy atom. The number of nitrogens with zero attached hydrogens (tertiary/aromatic N) is 3. The normalized spacial score (nSPS) is 20.1. The molecule has 0 saturated carbocycles. The van der Waals surface area contributed by atoms with Crippen molar-refractivity contribution in [2.75, 3.05) is 32.7 Å². The first kappa shape index (κ1) is 23.3. The second-order valence-electron chi connectivity index (χ2n) is 9.44. The van der Waals surface area contributed by atoms with E-state index in [0.717, 1.165) is 29.8 Å². The molecule has 3 aromatic carbocycles. The molecule has 6 heteroatoms. The highest BCUT2D eigenvalue weighted by Crippen LogP contribution is 2.35. The lowest BCUT2D eigenvalue weighted by atomic mass is 9.90. The molecule has 0 bridgehead atoms. The first-order valence-electron chi connectivity index (χ1n) is 12.4. The summed E-state index contributed by atoms with van der Waals surface area (Å²) in [7, 11) is 0. The third-order valence-electron chi connectivity index (χ3n) is 7.54. The Labute approximate surface area is 206 Å². The summed E-state index contributed by atoms with van der Waals surface area (Å²) in [5.41, 5.74) is 3.07. The van der Waals surface area contributed by atoms with Crippen LogP contribution in [-0.4, -0.2) is 65.7 Å². The van der Waals surface area contributed by atoms with Crippen LogP contribution in [0.15, 0.2) is 91.0 Å². The topological polar surface area (TPSA) is 60.9 Å². The molecule has 0 aromatic heterocycles. The fraction of sp³-hybridized carbons (Fsp3) is 0.310. The predicted molar refractivity (Wildman–Crippen MR) is 137 cm³/mol. The van der Waals surface area contributed by atoms with Crippen LogP contribution in [0.5, 0.6) is 0 Å². The van der Waals surface area contributed by atoms with E-state index in [-0.39, 0.29) is 11.8 Å². The highest BCUT2D eigenvalue weighted by Gasteiger charge is 2.49. The largest absolute Gasteiger partial charge is 0.480 e. The molecule has 1 amide bonds. The number of carboxylic acids is 1. The highest BCUT2D eigenvalue weighted by molar-refractivity contribution is 5.87. The number of benzene rings is 3. The Morgan fingerprint density at radius 1 is 0.771 bits per heavy atom. The molecule has 35 heavy (non-hydrogen) atoms. The Kier molecular flexibility index (Phi) is 6.66. The number of amides is 1. The van der Waals surface area contributed by atoms with E-state index in [4.69, 9.17) is 0 Å². The molecule has 0 radical (unpaired) electrons. The molecule has 2 aliphatic rings. The summed E-state index contributed by atoms with van der Waals surface area (Å²) in [5.74, 6) is -1.01. The smallest absolute Gasteiger partial charge is 0.326 e. The molecular weight excluding hydrogens is 438 g/mol. The van der Waals surface area contributed by atoms with Gasteiger partial charge in [0.15, 0.2) is 11.7 Å². The van der Waals surface area contributed by atoms with Gasteiger partial charge in [-0.1, -0.05) is 78.9 Å². The number of carboxylic acid groups (broad SMARTS) is 1. The van der Waals surface area contributed by atoms with Crippen molar-refractivity contribution >= 4 is 17.6 Å². The van der Waals surface area contributed by atoms with Crippen LogP contribution in [0.1, 0.15) is 29.9 Å². The molecule has 6 nitrogen and oxygen atoms in total. The molecule has 0 spiro atoms. The van der Waals surface area contributed by atoms with E-state index in [1.54, 1.807) is 0 Å². The maximum Gasteiger partial charge on any atom is 0.326 e. The zero-order chi connectivity index (χ0) is 24.3. The van der Waals surface area contributed by atoms with E-state index in [9.17, 15) is 14.7 Å². The predicted octanol–water partition coefficient (Wildman–Crippen LogP) is 4.13. The summed E-state index contributed by atoms with van der Waals surface area (Å²) < 4.78 is 0.489. The van der Waals surface area contributed by atoms with Crippen LogP contribution in [-0.2, 0) is 9.59 Å². The minimum atomic E-state index is -0.761. The minimum absolute atomic E-state index is 0.101. The van der Waals surface area contributed by atoms with Gasteiger partial charge >= 0.3 is 5.97 Å². The van der Waals surface area contributed by atoms with Crippen LogP contribution in [0.3, 0.4) is 0 Å². The Morgan fingerprint density at radius 2 is 1.29 bits per heavy atom. The van der Waals surface area contributed by atoms with E-state index in [2.05, 4.69) is 17.1 Å². The second-order valence-corrected chi connectivity index (χ2v) is 9.44. The number of carbonyl (C=O) groups excluding carboxylic acids is 1. The maximum absolute atomic E-state index is 14.0. The van der Waals surface area contributed by atoms with Crippen molar-refractivity contribution in [3.05, 3.63) is 102 Å². The van der Waals surface area contributed by atoms with Crippen molar-refractivity contribution in [2.45, 2.75) is 24.8 Å². The number of rotatable bonds is 6. The van der Waals surface area contributed by atoms with Gasteiger partial charge in [0, 0.05) is 18.7 Å². The van der Waals surface area contributed by atoms with Crippen molar-refractivity contribution in [3.8, 4) is 0 Å². The van der Waals surface area contributed by atoms with Crippen molar-refractivity contribution in [3.63, 3.8) is 0 Å². The molecule has 2 heterocycles. The number of para-hydroxylation sites is 1. The van der Waals surface area contributed by atoms with Gasteiger partial charge in [-0.2, -0.15) is 0 Å². The maximum atomic E-state index is 14.0. The molecule has 0 unspecified atom stereocenters. The fourth-order valence-corrected chi connectivity index (χ4v) is 5.80. The van der Waals surface area contributed by atoms with Crippen LogP contribution < -0.4 is 4.59 Å². The van der Waals surface area contributed by atoms with Crippen LogP contribution >= 0.6 is 0 Å². The zero-order valence-electron chi connectivity index (χ0n) is 19.9. The molecule has 2 fully saturated rings. The van der Waals surface area contributed by atoms with E-state index < -0.39 is 12.0 Å². The highest BCUT2D eigenvalue weighted by atomic mass is 16.4. The zero-order valence-corrected chi connectivity index (χ0v) is 19.9. The van der Waals surface area contributed by atoms with Crippen molar-refractivity contribution in [1.29, 1.82) is 0 Å². The second kappa shape index (κ2) is 10.0. The Balaban J connectivity index is 1.44. The molecule has 3 aromatic rings. The average Bonchev–Trinajstić information content (AvgIpc) is 3.42. The summed E-state index contributed by atoms with van der Waals surface area (Å²) >= 11 is 0. The van der Waals surface area contributed by atoms with Gasteiger partial charge in [-0.25, -0.2) is 4.59 Å². The van der Waals surface area contributed by atoms with Crippen LogP contribution in [0.2, 0.25) is 0 Å². The van der Waals surface area contributed by atoms with Gasteiger partial charge in [0.2, 0.25) is 5.91 Å². The lowest BCUT2D eigenvalue weighted by molar-refractivity contribution is -0.153. The molecule has 2 aliphatic heterocycles. The number of aliphatic carboxylic acids is 1. The van der Waals surface area contributed by atoms with Crippen LogP contribution in [0, 0.1) is 0 Å². The first-order valence-corrected chi connectivity index (χ1v) is 12.4. The molecular formula is C29H32N3O3+. The third kappa shape index (κ3) is 4.47. The number of hydrogen-bond donors (Lipinski definition) is 1. The van der Waals surface area contributed by atoms with E-state index in [1.165, 1.54) is 0 Å². The van der Waals surface area contributed by atoms with Gasteiger partial charge in [-0.05, 0) is 24.0 Å². The molecule has 180 valence electrons. The Bertz CT molecular complexity index is 1110. The third-order valence-corrected chi connectivity index (χ3v) is 7.54. The number of piperazine rings is 1. The van der Waals surface area contributed by atoms with E-state index in [0.29, 0.717) is 37.2 Å². The molecule has 2 saturated heterocycles. The summed E-state index contributed by atoms with van der Waals surface area (Å²) in [6.07, 6.45) is 1.53. The van der Waals surface area contributed by atoms with Crippen molar-refractivity contribution in [1.82, 2.24) is 14.5 Å². The molecule has 1 N–H and O–H groups in total. The quantitative estimate of drug-likeness (QED) is 0.551. The lowest BCUT2D eigenvalue weighted by Gasteiger charge is -2.49. The first-order chi connectivity index (χ1) is 17.1. The van der Waals surface area contributed by atoms with E-state index in [1.807, 2.05) is 83.8 Å². The molecule has 0 aliphatic carbocycles. The van der Waals surface area contributed by atoms with Crippen molar-refractivity contribution in [2.24, 2.45) is 0 Å². The number of hydrogen-bond acceptors (Lipinski definition) is 3. The molecule has 5 rings (SSSR count). The van der Waals surface area contributed by atoms with Crippen molar-refractivity contribution < 1.29 is 14.7 Å². The van der Waals surface area contributed by atoms with Crippen LogP contribution in [0.25, 0.3) is 0 Å². The fourth-order valence-electron chi connectivity index (χ4n) is 5.80. The summed E-state index contributed by atoms with van der Waals surface area (Å²) in [4.78, 5) is 28.0. The SMILES string of the molecule is O=C(O)[C@@H]1CCCN1[N+]1(c2ccccc2)CCN(C(=O)C(c2ccccc2)c2ccccc2)CC1. The monoisotopic (exact) mass is 470 g/mol. The van der Waals surface area contributed by atoms with Crippen LogP contribution in [0.4, 0.5) is 5.69 Å². The lowest BCUT2D eigenvalue weighted by Crippen LogP contribution is -2.71. The minimum Gasteiger partial charge on any atom is -0.480 e. The summed E-state index contributed by atoms with van der Waals surface area (Å²) in [5, 5.41) is 12.1. The van der Waals surface area contributed by atoms with Gasteiger partial charge in [-0.15, -0.1) is 5.01 Å². The number of carbonyl (C=O) groups is 2. The van der Waals surface area contributed by atoms with Gasteiger partial charge in [0.1, 0.15) is 13.1 Å². The summed E-state index contributed by atoms with van der Waals surface area (Å²) in [6.45, 7) is 3.22.